The van der Waals surface area contributed by atoms with Gasteiger partial charge in [0, 0.05) is 26.1 Å². The third-order valence-corrected chi connectivity index (χ3v) is 13.2. The van der Waals surface area contributed by atoms with Crippen LogP contribution in [0.5, 0.6) is 0 Å². The largest absolute Gasteiger partial charge is 0.480 e. The van der Waals surface area contributed by atoms with Gasteiger partial charge in [0.15, 0.2) is 6.04 Å². The fourth-order valence-electron chi connectivity index (χ4n) is 9.39. The molecule has 4 rings (SSSR count). The molecule has 3 saturated heterocycles. The Kier molecular flexibility index (Phi) is 22.7. The number of rotatable bonds is 26. The first-order valence-corrected chi connectivity index (χ1v) is 25.4. The molecule has 19 N–H and O–H groups in total. The molecule has 0 aliphatic carbocycles. The highest BCUT2D eigenvalue weighted by Gasteiger charge is 2.45. The minimum atomic E-state index is -1.30. The second-order valence-electron chi connectivity index (χ2n) is 19.7. The molecule has 3 aliphatic heterocycles. The van der Waals surface area contributed by atoms with Gasteiger partial charge >= 0.3 is 17.9 Å². The molecule has 0 unspecified atom stereocenters. The molecule has 404 valence electrons. The summed E-state index contributed by atoms with van der Waals surface area (Å²) < 4.78 is 0. The molecule has 9 atom stereocenters. The predicted octanol–water partition coefficient (Wildman–Crippen LogP) is -7.32. The number of hydrogen-bond acceptors (Lipinski definition) is 9. The molecule has 0 radical (unpaired) electrons. The van der Waals surface area contributed by atoms with Crippen LogP contribution in [0.2, 0.25) is 0 Å². The van der Waals surface area contributed by atoms with Gasteiger partial charge in [-0.05, 0) is 96.0 Å². The summed E-state index contributed by atoms with van der Waals surface area (Å²) in [6.07, 6.45) is 3.38. The Morgan fingerprint density at radius 2 is 1.10 bits per heavy atom. The van der Waals surface area contributed by atoms with Crippen LogP contribution in [0.4, 0.5) is 0 Å². The minimum absolute atomic E-state index is 0.0273. The van der Waals surface area contributed by atoms with Crippen LogP contribution in [0.25, 0.3) is 0 Å². The Hall–Kier alpha value is -7.05. The van der Waals surface area contributed by atoms with E-state index in [4.69, 9.17) is 22.9 Å². The van der Waals surface area contributed by atoms with Crippen molar-refractivity contribution in [1.29, 1.82) is 0 Å². The van der Waals surface area contributed by atoms with Gasteiger partial charge in [0.1, 0.15) is 48.3 Å². The van der Waals surface area contributed by atoms with E-state index in [1.54, 1.807) is 6.92 Å². The lowest BCUT2D eigenvalue weighted by atomic mass is 10.0. The number of carbonyl (C=O) groups is 9. The van der Waals surface area contributed by atoms with Gasteiger partial charge in [0.2, 0.25) is 41.4 Å². The average Bonchev–Trinajstić information content (AvgIpc) is 4.15. The fraction of sp³-hybridized carbons (Fsp3) is 0.646. The van der Waals surface area contributed by atoms with E-state index in [0.717, 1.165) is 5.56 Å². The summed E-state index contributed by atoms with van der Waals surface area (Å²) in [6.45, 7) is 8.05. The first-order valence-electron chi connectivity index (χ1n) is 25.4. The van der Waals surface area contributed by atoms with E-state index in [1.165, 1.54) is 21.6 Å². The summed E-state index contributed by atoms with van der Waals surface area (Å²) in [5, 5.41) is 23.5. The van der Waals surface area contributed by atoms with Crippen molar-refractivity contribution in [2.75, 3.05) is 32.7 Å². The predicted molar refractivity (Wildman–Crippen MR) is 266 cm³/mol. The zero-order valence-electron chi connectivity index (χ0n) is 42.7. The molecule has 73 heavy (non-hydrogen) atoms. The van der Waals surface area contributed by atoms with Crippen LogP contribution in [0.15, 0.2) is 30.3 Å². The van der Waals surface area contributed by atoms with Crippen molar-refractivity contribution >= 4 is 65.1 Å². The van der Waals surface area contributed by atoms with Crippen LogP contribution in [0.1, 0.15) is 104 Å². The van der Waals surface area contributed by atoms with E-state index in [0.29, 0.717) is 44.9 Å². The number of guanidine groups is 2. The van der Waals surface area contributed by atoms with Crippen molar-refractivity contribution in [1.82, 2.24) is 41.3 Å². The van der Waals surface area contributed by atoms with Crippen molar-refractivity contribution in [3.63, 3.8) is 0 Å². The van der Waals surface area contributed by atoms with Gasteiger partial charge in [-0.1, -0.05) is 44.2 Å². The van der Waals surface area contributed by atoms with Gasteiger partial charge in [-0.2, -0.15) is 0 Å². The van der Waals surface area contributed by atoms with Crippen molar-refractivity contribution in [3.05, 3.63) is 35.9 Å². The topological polar surface area (TPSA) is 403 Å². The Morgan fingerprint density at radius 3 is 1.63 bits per heavy atom. The zero-order valence-corrected chi connectivity index (χ0v) is 42.7. The lowest BCUT2D eigenvalue weighted by Gasteiger charge is -2.34. The Balaban J connectivity index is 1.44. The van der Waals surface area contributed by atoms with E-state index in [2.05, 4.69) is 42.3 Å². The standard InChI is InChI=1S/C48H77N15O10/c1-27(2)25-34(44(70)61-22-10-17-35(61)41(67)57-31(15-8-20-54-47(50)51)39(65)58-32(46(72)73)16-9-21-55-48(52)53)60-42(68)36-18-11-23-62(36)45(71)37-19-12-24-63(37)43(69)29(4)56-40(66)33(59-38(64)28(3)49)26-30-13-6-5-7-14-30/h5-7,13-14,27-29,31-37H,8-12,15-26,49H2,1-4H3,(H,56,66)(H,57,67)(H,58,65)(H,59,64)(H,60,68)(H,72,73)(H4,50,51,54)(H4,52,53,55)/p+3/t28-,29-,31-,32-,33-,34-,35-,36-,37-/m0/s1. The number of carboxylic acid groups (broad SMARTS) is 1. The number of likely N-dealkylation sites (tertiary alicyclic amines) is 3. The summed E-state index contributed by atoms with van der Waals surface area (Å²) in [5.74, 6) is -5.84. The van der Waals surface area contributed by atoms with Crippen LogP contribution >= 0.6 is 0 Å². The normalized spacial score (nSPS) is 19.9. The average molecular weight is 1030 g/mol. The van der Waals surface area contributed by atoms with Gasteiger partial charge in [0.25, 0.3) is 5.91 Å². The second-order valence-corrected chi connectivity index (χ2v) is 19.7. The Labute approximate surface area is 426 Å². The molecule has 1 aromatic rings. The highest BCUT2D eigenvalue weighted by Crippen LogP contribution is 2.27. The monoisotopic (exact) mass is 1030 g/mol. The fourth-order valence-corrected chi connectivity index (χ4v) is 9.39. The molecule has 25 heteroatoms. The van der Waals surface area contributed by atoms with Gasteiger partial charge < -0.3 is 52.1 Å². The third-order valence-electron chi connectivity index (χ3n) is 13.2. The molecule has 3 heterocycles. The summed E-state index contributed by atoms with van der Waals surface area (Å²) in [7, 11) is 0. The molecule has 8 amide bonds. The van der Waals surface area contributed by atoms with Crippen LogP contribution in [-0.4, -0.2) is 172 Å². The first kappa shape index (κ1) is 58.5. The van der Waals surface area contributed by atoms with Gasteiger partial charge in [-0.15, -0.1) is 0 Å². The number of hydrogen-bond donors (Lipinski definition) is 13. The van der Waals surface area contributed by atoms with Crippen molar-refractivity contribution in [2.45, 2.75) is 159 Å². The van der Waals surface area contributed by atoms with E-state index >= 15 is 0 Å². The summed E-state index contributed by atoms with van der Waals surface area (Å²) >= 11 is 0. The number of quaternary nitrogens is 1. The van der Waals surface area contributed by atoms with Crippen LogP contribution in [0, 0.1) is 5.92 Å². The van der Waals surface area contributed by atoms with Crippen molar-refractivity contribution in [3.8, 4) is 0 Å². The summed E-state index contributed by atoms with van der Waals surface area (Å²) in [4.78, 5) is 133. The molecule has 3 aliphatic rings. The maximum atomic E-state index is 14.5. The SMILES string of the molecule is CC(C)C[C@H](NC(=O)[C@@H]1CCCN1C(=O)[C@@H]1CCCN1C(=O)[C@H](C)NC(=O)[C@H](Cc1ccccc1)NC(=O)[C@H](C)[NH3+])C(=O)N1CCC[C@H]1C(=O)N[C@@H](CCC[NH+]=C(N)N)C(=O)N[C@@H](CCC[NH+]=C(N)N)C(=O)O. The van der Waals surface area contributed by atoms with E-state index in [9.17, 15) is 48.3 Å². The molecule has 0 saturated carbocycles. The smallest absolute Gasteiger partial charge is 0.338 e. The quantitative estimate of drug-likeness (QED) is 0.0233. The molecular weight excluding hydrogens is 947 g/mol. The highest BCUT2D eigenvalue weighted by molar-refractivity contribution is 5.98. The number of carboxylic acids is 1. The number of nitrogens with zero attached hydrogens (tertiary/aromatic N) is 3. The van der Waals surface area contributed by atoms with Crippen molar-refractivity contribution in [2.24, 2.45) is 28.9 Å². The molecular formula is C48H80N15O10+3. The highest BCUT2D eigenvalue weighted by atomic mass is 16.4. The number of amides is 8. The van der Waals surface area contributed by atoms with Gasteiger partial charge in [-0.3, -0.25) is 71.3 Å². The summed E-state index contributed by atoms with van der Waals surface area (Å²) in [6, 6.07) is -0.0555. The van der Waals surface area contributed by atoms with Crippen LogP contribution in [0.3, 0.4) is 0 Å². The molecule has 0 bridgehead atoms. The van der Waals surface area contributed by atoms with E-state index < -0.39 is 108 Å². The molecule has 25 nitrogen and oxygen atoms in total. The maximum Gasteiger partial charge on any atom is 0.338 e. The molecule has 1 aromatic carbocycles. The second kappa shape index (κ2) is 28.3. The third kappa shape index (κ3) is 17.6. The van der Waals surface area contributed by atoms with E-state index in [-0.39, 0.29) is 82.7 Å². The number of benzene rings is 1. The zero-order chi connectivity index (χ0) is 53.9. The Bertz CT molecular complexity index is 2170. The lowest BCUT2D eigenvalue weighted by Crippen LogP contribution is -2.78. The summed E-state index contributed by atoms with van der Waals surface area (Å²) in [5.41, 5.74) is 26.4. The van der Waals surface area contributed by atoms with Gasteiger partial charge in [-0.25, -0.2) is 4.79 Å². The number of nitrogens with one attached hydrogen (secondary N) is 7. The minimum Gasteiger partial charge on any atom is -0.480 e. The number of aliphatic carboxylic acids is 1. The lowest BCUT2D eigenvalue weighted by molar-refractivity contribution is -0.460. The molecule has 3 fully saturated rings. The number of carbonyl (C=O) groups excluding carboxylic acids is 8. The molecule has 0 spiro atoms. The molecule has 0 aromatic heterocycles. The van der Waals surface area contributed by atoms with Crippen molar-refractivity contribution < 1.29 is 64.0 Å². The number of nitrogens with two attached hydrogens (primary N) is 4. The van der Waals surface area contributed by atoms with E-state index in [1.807, 2.05) is 44.2 Å². The Morgan fingerprint density at radius 1 is 0.616 bits per heavy atom. The van der Waals surface area contributed by atoms with Crippen LogP contribution in [-0.2, 0) is 49.6 Å². The van der Waals surface area contributed by atoms with Crippen LogP contribution < -0.4 is 65.2 Å². The maximum absolute atomic E-state index is 14.5. The first-order chi connectivity index (χ1) is 34.6. The van der Waals surface area contributed by atoms with Gasteiger partial charge in [0.05, 0.1) is 13.1 Å².